The predicted molar refractivity (Wildman–Crippen MR) is 67.3 cm³/mol. The zero-order chi connectivity index (χ0) is 11.0. The summed E-state index contributed by atoms with van der Waals surface area (Å²) in [6.07, 6.45) is 12.9. The van der Waals surface area contributed by atoms with Crippen LogP contribution in [0.25, 0.3) is 0 Å². The zero-order valence-corrected chi connectivity index (χ0v) is 10.5. The standard InChI is InChI=1S/C14H26N2/c15-12-4-3-5-13(12)16-10-8-14(9-11-16)6-1-2-7-14/h12-13H,1-11,15H2. The molecule has 2 heteroatoms. The molecule has 16 heavy (non-hydrogen) atoms. The van der Waals surface area contributed by atoms with Gasteiger partial charge in [0.2, 0.25) is 0 Å². The molecule has 3 fully saturated rings. The van der Waals surface area contributed by atoms with Crippen molar-refractivity contribution in [3.8, 4) is 0 Å². The van der Waals surface area contributed by atoms with E-state index in [4.69, 9.17) is 5.73 Å². The lowest BCUT2D eigenvalue weighted by Crippen LogP contribution is -2.49. The second kappa shape index (κ2) is 4.30. The number of hydrogen-bond acceptors (Lipinski definition) is 2. The molecule has 1 saturated heterocycles. The highest BCUT2D eigenvalue weighted by Crippen LogP contribution is 2.46. The van der Waals surface area contributed by atoms with E-state index in [2.05, 4.69) is 4.90 Å². The van der Waals surface area contributed by atoms with E-state index < -0.39 is 0 Å². The number of hydrogen-bond donors (Lipinski definition) is 1. The first kappa shape index (κ1) is 11.0. The van der Waals surface area contributed by atoms with Gasteiger partial charge < -0.3 is 5.73 Å². The van der Waals surface area contributed by atoms with Crippen LogP contribution < -0.4 is 5.73 Å². The number of piperidine rings is 1. The van der Waals surface area contributed by atoms with Gasteiger partial charge in [-0.2, -0.15) is 0 Å². The van der Waals surface area contributed by atoms with Crippen LogP contribution in [0.1, 0.15) is 57.8 Å². The first-order chi connectivity index (χ1) is 7.79. The summed E-state index contributed by atoms with van der Waals surface area (Å²) in [6, 6.07) is 1.19. The summed E-state index contributed by atoms with van der Waals surface area (Å²) in [6.45, 7) is 2.66. The van der Waals surface area contributed by atoms with Crippen LogP contribution in [0, 0.1) is 5.41 Å². The maximum atomic E-state index is 6.21. The summed E-state index contributed by atoms with van der Waals surface area (Å²) < 4.78 is 0. The molecule has 2 saturated carbocycles. The van der Waals surface area contributed by atoms with Crippen LogP contribution in [0.2, 0.25) is 0 Å². The van der Waals surface area contributed by atoms with Gasteiger partial charge in [0.1, 0.15) is 0 Å². The molecule has 0 aromatic carbocycles. The Balaban J connectivity index is 1.57. The molecule has 3 rings (SSSR count). The first-order valence-corrected chi connectivity index (χ1v) is 7.29. The van der Waals surface area contributed by atoms with Crippen LogP contribution in [-0.2, 0) is 0 Å². The summed E-state index contributed by atoms with van der Waals surface area (Å²) >= 11 is 0. The minimum atomic E-state index is 0.470. The van der Waals surface area contributed by atoms with Gasteiger partial charge >= 0.3 is 0 Å². The Labute approximate surface area is 99.6 Å². The fourth-order valence-corrected chi connectivity index (χ4v) is 4.38. The van der Waals surface area contributed by atoms with Crippen molar-refractivity contribution in [2.45, 2.75) is 69.9 Å². The first-order valence-electron chi connectivity index (χ1n) is 7.29. The lowest BCUT2D eigenvalue weighted by Gasteiger charge is -2.43. The highest BCUT2D eigenvalue weighted by molar-refractivity contribution is 4.95. The molecule has 0 amide bonds. The van der Waals surface area contributed by atoms with Gasteiger partial charge in [-0.3, -0.25) is 4.90 Å². The summed E-state index contributed by atoms with van der Waals surface area (Å²) in [4.78, 5) is 2.71. The molecule has 1 spiro atoms. The maximum Gasteiger partial charge on any atom is 0.0247 e. The van der Waals surface area contributed by atoms with Crippen LogP contribution >= 0.6 is 0 Å². The van der Waals surface area contributed by atoms with Crippen molar-refractivity contribution in [1.82, 2.24) is 4.90 Å². The van der Waals surface area contributed by atoms with E-state index >= 15 is 0 Å². The Bertz CT molecular complexity index is 235. The summed E-state index contributed by atoms with van der Waals surface area (Å²) in [5.74, 6) is 0. The van der Waals surface area contributed by atoms with Gasteiger partial charge in [0.25, 0.3) is 0 Å². The lowest BCUT2D eigenvalue weighted by atomic mass is 9.76. The van der Waals surface area contributed by atoms with E-state index in [0.717, 1.165) is 11.5 Å². The van der Waals surface area contributed by atoms with E-state index in [9.17, 15) is 0 Å². The van der Waals surface area contributed by atoms with E-state index in [1.54, 1.807) is 0 Å². The summed E-state index contributed by atoms with van der Waals surface area (Å²) in [5, 5.41) is 0. The lowest BCUT2D eigenvalue weighted by molar-refractivity contribution is 0.0726. The van der Waals surface area contributed by atoms with Crippen molar-refractivity contribution >= 4 is 0 Å². The third kappa shape index (κ3) is 1.91. The van der Waals surface area contributed by atoms with Gasteiger partial charge in [0, 0.05) is 12.1 Å². The molecule has 1 aliphatic heterocycles. The fourth-order valence-electron chi connectivity index (χ4n) is 4.38. The van der Waals surface area contributed by atoms with E-state index in [1.807, 2.05) is 0 Å². The molecule has 2 nitrogen and oxygen atoms in total. The van der Waals surface area contributed by atoms with Crippen LogP contribution in [0.3, 0.4) is 0 Å². The van der Waals surface area contributed by atoms with Crippen molar-refractivity contribution < 1.29 is 0 Å². The molecule has 2 atom stereocenters. The van der Waals surface area contributed by atoms with Crippen LogP contribution in [0.15, 0.2) is 0 Å². The van der Waals surface area contributed by atoms with Gasteiger partial charge in [-0.25, -0.2) is 0 Å². The maximum absolute atomic E-state index is 6.21. The van der Waals surface area contributed by atoms with Crippen LogP contribution in [0.5, 0.6) is 0 Å². The monoisotopic (exact) mass is 222 g/mol. The molecule has 0 aromatic heterocycles. The number of likely N-dealkylation sites (tertiary alicyclic amines) is 1. The Morgan fingerprint density at radius 3 is 2.12 bits per heavy atom. The third-order valence-electron chi connectivity index (χ3n) is 5.52. The van der Waals surface area contributed by atoms with Gasteiger partial charge in [-0.15, -0.1) is 0 Å². The predicted octanol–water partition coefficient (Wildman–Crippen LogP) is 2.52. The minimum Gasteiger partial charge on any atom is -0.326 e. The van der Waals surface area contributed by atoms with Gasteiger partial charge in [0.15, 0.2) is 0 Å². The topological polar surface area (TPSA) is 29.3 Å². The molecule has 2 N–H and O–H groups in total. The molecule has 1 heterocycles. The average molecular weight is 222 g/mol. The Morgan fingerprint density at radius 2 is 1.56 bits per heavy atom. The van der Waals surface area contributed by atoms with E-state index in [1.165, 1.54) is 70.9 Å². The zero-order valence-electron chi connectivity index (χ0n) is 10.5. The SMILES string of the molecule is NC1CCCC1N1CCC2(CCCC2)CC1. The van der Waals surface area contributed by atoms with Gasteiger partial charge in [0.05, 0.1) is 0 Å². The third-order valence-corrected chi connectivity index (χ3v) is 5.52. The van der Waals surface area contributed by atoms with Crippen molar-refractivity contribution in [2.75, 3.05) is 13.1 Å². The molecular weight excluding hydrogens is 196 g/mol. The summed E-state index contributed by atoms with van der Waals surface area (Å²) in [5.41, 5.74) is 6.98. The molecule has 0 aromatic rings. The molecule has 2 unspecified atom stereocenters. The highest BCUT2D eigenvalue weighted by atomic mass is 15.2. The molecule has 3 aliphatic rings. The van der Waals surface area contributed by atoms with Crippen molar-refractivity contribution in [3.63, 3.8) is 0 Å². The number of rotatable bonds is 1. The molecular formula is C14H26N2. The quantitative estimate of drug-likeness (QED) is 0.738. The number of nitrogens with zero attached hydrogens (tertiary/aromatic N) is 1. The summed E-state index contributed by atoms with van der Waals surface area (Å²) in [7, 11) is 0. The average Bonchev–Trinajstić information content (AvgIpc) is 2.90. The van der Waals surface area contributed by atoms with E-state index in [-0.39, 0.29) is 0 Å². The molecule has 92 valence electrons. The largest absolute Gasteiger partial charge is 0.326 e. The van der Waals surface area contributed by atoms with Crippen molar-refractivity contribution in [1.29, 1.82) is 0 Å². The molecule has 0 bridgehead atoms. The normalized spacial score (nSPS) is 39.6. The highest BCUT2D eigenvalue weighted by Gasteiger charge is 2.39. The van der Waals surface area contributed by atoms with Crippen molar-refractivity contribution in [3.05, 3.63) is 0 Å². The Morgan fingerprint density at radius 1 is 0.875 bits per heavy atom. The smallest absolute Gasteiger partial charge is 0.0247 e. The van der Waals surface area contributed by atoms with Crippen molar-refractivity contribution in [2.24, 2.45) is 11.1 Å². The van der Waals surface area contributed by atoms with Gasteiger partial charge in [-0.1, -0.05) is 19.3 Å². The fraction of sp³-hybridized carbons (Fsp3) is 1.00. The second-order valence-corrected chi connectivity index (χ2v) is 6.41. The van der Waals surface area contributed by atoms with Crippen LogP contribution in [-0.4, -0.2) is 30.1 Å². The van der Waals surface area contributed by atoms with Crippen LogP contribution in [0.4, 0.5) is 0 Å². The molecule has 0 radical (unpaired) electrons. The second-order valence-electron chi connectivity index (χ2n) is 6.41. The Hall–Kier alpha value is -0.0800. The minimum absolute atomic E-state index is 0.470. The van der Waals surface area contributed by atoms with Gasteiger partial charge in [-0.05, 0) is 57.0 Å². The number of nitrogens with two attached hydrogens (primary N) is 1. The Kier molecular flexibility index (Phi) is 2.97. The molecule has 2 aliphatic carbocycles. The van der Waals surface area contributed by atoms with E-state index in [0.29, 0.717) is 6.04 Å².